The van der Waals surface area contributed by atoms with Crippen molar-refractivity contribution in [3.05, 3.63) is 95.8 Å². The molecule has 6 heteroatoms. The fraction of sp³-hybridized carbons (Fsp3) is 0.179. The Kier molecular flexibility index (Phi) is 6.77. The maximum atomic E-state index is 12.4. The van der Waals surface area contributed by atoms with Gasteiger partial charge in [0.1, 0.15) is 5.69 Å². The first-order valence-corrected chi connectivity index (χ1v) is 12.3. The van der Waals surface area contributed by atoms with Crippen LogP contribution in [0.15, 0.2) is 89.3 Å². The van der Waals surface area contributed by atoms with Gasteiger partial charge in [0, 0.05) is 36.9 Å². The highest BCUT2D eigenvalue weighted by atomic mass is 32.1. The van der Waals surface area contributed by atoms with Gasteiger partial charge in [-0.2, -0.15) is 0 Å². The zero-order valence-corrected chi connectivity index (χ0v) is 19.6. The highest BCUT2D eigenvalue weighted by Crippen LogP contribution is 2.32. The fourth-order valence-corrected chi connectivity index (χ4v) is 4.86. The lowest BCUT2D eigenvalue weighted by molar-refractivity contribution is -0.121. The number of aryl methyl sites for hydroxylation is 2. The van der Waals surface area contributed by atoms with E-state index < -0.39 is 0 Å². The van der Waals surface area contributed by atoms with Crippen molar-refractivity contribution in [2.45, 2.75) is 25.7 Å². The van der Waals surface area contributed by atoms with E-state index in [1.54, 1.807) is 11.3 Å². The van der Waals surface area contributed by atoms with Crippen LogP contribution in [0.2, 0.25) is 0 Å². The second kappa shape index (κ2) is 10.4. The minimum atomic E-state index is 0.00465. The molecule has 0 aliphatic heterocycles. The third-order valence-electron chi connectivity index (χ3n) is 5.55. The van der Waals surface area contributed by atoms with Crippen LogP contribution >= 0.6 is 11.3 Å². The van der Waals surface area contributed by atoms with Crippen molar-refractivity contribution in [1.82, 2.24) is 15.3 Å². The lowest BCUT2D eigenvalue weighted by Gasteiger charge is -2.03. The number of carbonyl (C=O) groups is 1. The average molecular weight is 468 g/mol. The smallest absolute Gasteiger partial charge is 0.220 e. The molecule has 1 amide bonds. The quantitative estimate of drug-likeness (QED) is 0.258. The number of benzene rings is 3. The summed E-state index contributed by atoms with van der Waals surface area (Å²) in [5.74, 6) is 1.31. The van der Waals surface area contributed by atoms with E-state index in [9.17, 15) is 4.79 Å². The number of oxazole rings is 1. The van der Waals surface area contributed by atoms with E-state index in [4.69, 9.17) is 9.40 Å². The number of nitrogens with zero attached hydrogens (tertiary/aromatic N) is 2. The molecule has 0 saturated heterocycles. The number of rotatable bonds is 9. The number of fused-ring (bicyclic) bond motifs is 1. The maximum absolute atomic E-state index is 12.4. The molecular weight excluding hydrogens is 442 g/mol. The van der Waals surface area contributed by atoms with E-state index in [2.05, 4.69) is 16.4 Å². The normalized spacial score (nSPS) is 11.1. The minimum absolute atomic E-state index is 0.00465. The lowest BCUT2D eigenvalue weighted by Crippen LogP contribution is -2.25. The first-order chi connectivity index (χ1) is 16.8. The van der Waals surface area contributed by atoms with E-state index in [0.717, 1.165) is 45.9 Å². The van der Waals surface area contributed by atoms with Crippen LogP contribution in [0.1, 0.15) is 23.7 Å². The van der Waals surface area contributed by atoms with Crippen LogP contribution in [-0.4, -0.2) is 22.4 Å². The summed E-state index contributed by atoms with van der Waals surface area (Å²) in [5.41, 5.74) is 3.82. The Hall–Kier alpha value is -3.77. The number of aromatic nitrogens is 2. The van der Waals surface area contributed by atoms with Gasteiger partial charge < -0.3 is 9.73 Å². The maximum Gasteiger partial charge on any atom is 0.220 e. The summed E-state index contributed by atoms with van der Waals surface area (Å²) in [7, 11) is 0. The standard InChI is InChI=1S/C28H25N3O2S/c32-24(29-19-9-16-26-30-22-14-7-8-15-23(22)34-26)17-18-25-31-27(20-10-3-1-4-11-20)28(33-25)21-12-5-2-6-13-21/h1-8,10-15H,9,16-19H2,(H,29,32). The second-order valence-corrected chi connectivity index (χ2v) is 9.16. The molecule has 5 rings (SSSR count). The molecule has 170 valence electrons. The van der Waals surface area contributed by atoms with Gasteiger partial charge in [0.2, 0.25) is 5.91 Å². The molecule has 2 heterocycles. The number of carbonyl (C=O) groups excluding carboxylic acids is 1. The van der Waals surface area contributed by atoms with Crippen molar-refractivity contribution >= 4 is 27.5 Å². The molecule has 0 aliphatic rings. The van der Waals surface area contributed by atoms with Gasteiger partial charge in [-0.15, -0.1) is 11.3 Å². The molecule has 1 N–H and O–H groups in total. The monoisotopic (exact) mass is 467 g/mol. The average Bonchev–Trinajstić information content (AvgIpc) is 3.50. The zero-order chi connectivity index (χ0) is 23.2. The molecule has 0 aliphatic carbocycles. The van der Waals surface area contributed by atoms with E-state index in [1.165, 1.54) is 4.70 Å². The van der Waals surface area contributed by atoms with E-state index in [-0.39, 0.29) is 5.91 Å². The van der Waals surface area contributed by atoms with Crippen LogP contribution in [0, 0.1) is 0 Å². The van der Waals surface area contributed by atoms with Gasteiger partial charge in [-0.25, -0.2) is 9.97 Å². The highest BCUT2D eigenvalue weighted by Gasteiger charge is 2.17. The summed E-state index contributed by atoms with van der Waals surface area (Å²) >= 11 is 1.72. The zero-order valence-electron chi connectivity index (χ0n) is 18.7. The number of hydrogen-bond acceptors (Lipinski definition) is 5. The first kappa shape index (κ1) is 22.0. The van der Waals surface area contributed by atoms with Crippen LogP contribution < -0.4 is 5.32 Å². The Labute approximate surface area is 202 Å². The van der Waals surface area contributed by atoms with Gasteiger partial charge in [0.15, 0.2) is 11.7 Å². The summed E-state index contributed by atoms with van der Waals surface area (Å²) in [4.78, 5) is 21.8. The predicted molar refractivity (Wildman–Crippen MR) is 137 cm³/mol. The van der Waals surface area contributed by atoms with Gasteiger partial charge in [-0.3, -0.25) is 4.79 Å². The Balaban J connectivity index is 1.17. The predicted octanol–water partition coefficient (Wildman–Crippen LogP) is 6.30. The molecule has 2 aromatic heterocycles. The number of nitrogens with one attached hydrogen (secondary N) is 1. The summed E-state index contributed by atoms with van der Waals surface area (Å²) in [6.07, 6.45) is 2.52. The fourth-order valence-electron chi connectivity index (χ4n) is 3.85. The number of para-hydroxylation sites is 1. The number of hydrogen-bond donors (Lipinski definition) is 1. The van der Waals surface area contributed by atoms with Crippen molar-refractivity contribution < 1.29 is 9.21 Å². The van der Waals surface area contributed by atoms with Crippen molar-refractivity contribution in [2.24, 2.45) is 0 Å². The Morgan fingerprint density at radius 3 is 2.29 bits per heavy atom. The van der Waals surface area contributed by atoms with Gasteiger partial charge >= 0.3 is 0 Å². The Morgan fingerprint density at radius 1 is 0.824 bits per heavy atom. The van der Waals surface area contributed by atoms with E-state index >= 15 is 0 Å². The van der Waals surface area contributed by atoms with Crippen molar-refractivity contribution in [1.29, 1.82) is 0 Å². The SMILES string of the molecule is O=C(CCc1nc(-c2ccccc2)c(-c2ccccc2)o1)NCCCc1nc2ccccc2s1. The molecule has 0 saturated carbocycles. The molecule has 0 bridgehead atoms. The third kappa shape index (κ3) is 5.24. The van der Waals surface area contributed by atoms with Crippen LogP contribution in [0.4, 0.5) is 0 Å². The molecule has 0 radical (unpaired) electrons. The molecule has 0 unspecified atom stereocenters. The summed E-state index contributed by atoms with van der Waals surface area (Å²) in [6.45, 7) is 0.630. The Bertz CT molecular complexity index is 1290. The molecule has 5 aromatic rings. The molecule has 3 aromatic carbocycles. The number of amides is 1. The van der Waals surface area contributed by atoms with Crippen molar-refractivity contribution in [3.8, 4) is 22.6 Å². The van der Waals surface area contributed by atoms with Gasteiger partial charge in [0.25, 0.3) is 0 Å². The summed E-state index contributed by atoms with van der Waals surface area (Å²) in [6, 6.07) is 28.1. The topological polar surface area (TPSA) is 68.0 Å². The second-order valence-electron chi connectivity index (χ2n) is 8.05. The molecule has 34 heavy (non-hydrogen) atoms. The van der Waals surface area contributed by atoms with Gasteiger partial charge in [-0.1, -0.05) is 72.8 Å². The Morgan fingerprint density at radius 2 is 1.53 bits per heavy atom. The van der Waals surface area contributed by atoms with Gasteiger partial charge in [0.05, 0.1) is 15.2 Å². The van der Waals surface area contributed by atoms with Crippen molar-refractivity contribution in [2.75, 3.05) is 6.54 Å². The van der Waals surface area contributed by atoms with E-state index in [1.807, 2.05) is 78.9 Å². The van der Waals surface area contributed by atoms with Crippen LogP contribution in [0.3, 0.4) is 0 Å². The lowest BCUT2D eigenvalue weighted by atomic mass is 10.1. The highest BCUT2D eigenvalue weighted by molar-refractivity contribution is 7.18. The van der Waals surface area contributed by atoms with Crippen LogP contribution in [0.25, 0.3) is 32.8 Å². The van der Waals surface area contributed by atoms with Crippen LogP contribution in [-0.2, 0) is 17.6 Å². The molecule has 0 fully saturated rings. The molecular formula is C28H25N3O2S. The van der Waals surface area contributed by atoms with Gasteiger partial charge in [-0.05, 0) is 18.6 Å². The first-order valence-electron chi connectivity index (χ1n) is 11.5. The largest absolute Gasteiger partial charge is 0.440 e. The van der Waals surface area contributed by atoms with Crippen LogP contribution in [0.5, 0.6) is 0 Å². The molecule has 0 atom stereocenters. The summed E-state index contributed by atoms with van der Waals surface area (Å²) in [5, 5.41) is 4.12. The minimum Gasteiger partial charge on any atom is -0.440 e. The summed E-state index contributed by atoms with van der Waals surface area (Å²) < 4.78 is 7.33. The molecule has 0 spiro atoms. The van der Waals surface area contributed by atoms with E-state index in [0.29, 0.717) is 25.3 Å². The molecule has 5 nitrogen and oxygen atoms in total. The number of thiazole rings is 1. The van der Waals surface area contributed by atoms with Crippen molar-refractivity contribution in [3.63, 3.8) is 0 Å². The third-order valence-corrected chi connectivity index (χ3v) is 6.64.